The van der Waals surface area contributed by atoms with Gasteiger partial charge < -0.3 is 11.1 Å². The van der Waals surface area contributed by atoms with E-state index in [1.54, 1.807) is 0 Å². The molecule has 0 saturated carbocycles. The number of nitrogens with two attached hydrogens (primary N) is 1. The zero-order chi connectivity index (χ0) is 41.5. The Morgan fingerprint density at radius 2 is 1.06 bits per heavy atom. The number of anilines is 2. The summed E-state index contributed by atoms with van der Waals surface area (Å²) in [6, 6.07) is 85.4. The quantitative estimate of drug-likeness (QED) is 0.128. The van der Waals surface area contributed by atoms with Gasteiger partial charge in [0.1, 0.15) is 6.17 Å². The fraction of sp³-hybridized carbons (Fsp3) is 0.0690. The first kappa shape index (κ1) is 37.6. The molecule has 0 radical (unpaired) electrons. The van der Waals surface area contributed by atoms with E-state index in [-0.39, 0.29) is 12.3 Å². The van der Waals surface area contributed by atoms with Crippen LogP contribution < -0.4 is 11.1 Å². The van der Waals surface area contributed by atoms with Crippen molar-refractivity contribution in [2.75, 3.05) is 5.32 Å². The van der Waals surface area contributed by atoms with Gasteiger partial charge in [-0.25, -0.2) is 5.01 Å². The minimum absolute atomic E-state index is 0.0813. The van der Waals surface area contributed by atoms with Gasteiger partial charge in [-0.2, -0.15) is 5.01 Å². The van der Waals surface area contributed by atoms with Crippen LogP contribution in [-0.2, 0) is 12.0 Å². The van der Waals surface area contributed by atoms with Crippen LogP contribution in [0.25, 0.3) is 33.4 Å². The van der Waals surface area contributed by atoms with Crippen LogP contribution in [0.4, 0.5) is 11.4 Å². The Labute approximate surface area is 364 Å². The summed E-state index contributed by atoms with van der Waals surface area (Å²) in [6.45, 7) is 0.718. The van der Waals surface area contributed by atoms with Gasteiger partial charge in [0, 0.05) is 23.5 Å². The second-order valence-corrected chi connectivity index (χ2v) is 16.3. The molecule has 4 heteroatoms. The van der Waals surface area contributed by atoms with E-state index in [4.69, 9.17) is 5.73 Å². The van der Waals surface area contributed by atoms with Crippen LogP contribution in [0.5, 0.6) is 0 Å². The summed E-state index contributed by atoms with van der Waals surface area (Å²) >= 11 is 0. The SMILES string of the molecule is NC(c1ccccc1)N1C(c2ccccc2)[N@@]1Cc1cccc(Nc2ccc3c(c2-c2cccc(-c4ccccc4)c2)-c2ccccc2C3(c2ccccc2)c2ccccc2)c1. The number of benzene rings is 9. The number of hydrogen-bond acceptors (Lipinski definition) is 4. The van der Waals surface area contributed by atoms with Gasteiger partial charge in [0.15, 0.2) is 0 Å². The number of hydrazine groups is 1. The molecule has 11 rings (SSSR count). The monoisotopic (exact) mass is 798 g/mol. The average molecular weight is 799 g/mol. The highest BCUT2D eigenvalue weighted by Crippen LogP contribution is 2.59. The van der Waals surface area contributed by atoms with Crippen molar-refractivity contribution in [2.24, 2.45) is 5.73 Å². The van der Waals surface area contributed by atoms with E-state index in [1.165, 1.54) is 61.2 Å². The van der Waals surface area contributed by atoms with Crippen molar-refractivity contribution in [2.45, 2.75) is 24.3 Å². The molecule has 2 aliphatic rings. The molecule has 3 unspecified atom stereocenters. The molecule has 0 bridgehead atoms. The average Bonchev–Trinajstić information content (AvgIpc) is 3.97. The topological polar surface area (TPSA) is 44.1 Å². The zero-order valence-electron chi connectivity index (χ0n) is 34.4. The van der Waals surface area contributed by atoms with E-state index >= 15 is 0 Å². The second-order valence-electron chi connectivity index (χ2n) is 16.3. The summed E-state index contributed by atoms with van der Waals surface area (Å²) < 4.78 is 0. The Hall–Kier alpha value is -7.34. The number of rotatable bonds is 11. The van der Waals surface area contributed by atoms with Crippen molar-refractivity contribution in [1.29, 1.82) is 0 Å². The van der Waals surface area contributed by atoms with Crippen LogP contribution in [0.2, 0.25) is 0 Å². The van der Waals surface area contributed by atoms with Gasteiger partial charge >= 0.3 is 0 Å². The summed E-state index contributed by atoms with van der Waals surface area (Å²) in [5.74, 6) is 0. The van der Waals surface area contributed by atoms with E-state index in [1.807, 2.05) is 6.07 Å². The Balaban J connectivity index is 1.04. The fourth-order valence-electron chi connectivity index (χ4n) is 9.97. The maximum Gasteiger partial charge on any atom is 0.117 e. The van der Waals surface area contributed by atoms with Crippen molar-refractivity contribution in [3.8, 4) is 33.4 Å². The molecule has 9 aromatic rings. The Morgan fingerprint density at radius 3 is 1.77 bits per heavy atom. The molecule has 1 aliphatic carbocycles. The van der Waals surface area contributed by atoms with Crippen molar-refractivity contribution in [1.82, 2.24) is 10.0 Å². The molecule has 3 N–H and O–H groups in total. The van der Waals surface area contributed by atoms with Gasteiger partial charge in [-0.15, -0.1) is 0 Å². The molecule has 298 valence electrons. The maximum absolute atomic E-state index is 6.97. The predicted molar refractivity (Wildman–Crippen MR) is 254 cm³/mol. The highest BCUT2D eigenvalue weighted by atomic mass is 15.9. The van der Waals surface area contributed by atoms with Crippen molar-refractivity contribution >= 4 is 11.4 Å². The second kappa shape index (κ2) is 15.9. The molecule has 1 aliphatic heterocycles. The molecule has 62 heavy (non-hydrogen) atoms. The smallest absolute Gasteiger partial charge is 0.117 e. The third kappa shape index (κ3) is 6.53. The van der Waals surface area contributed by atoms with Gasteiger partial charge in [0.25, 0.3) is 0 Å². The maximum atomic E-state index is 6.97. The zero-order valence-corrected chi connectivity index (χ0v) is 34.4. The Kier molecular flexibility index (Phi) is 9.67. The van der Waals surface area contributed by atoms with Crippen LogP contribution in [0.3, 0.4) is 0 Å². The molecule has 0 amide bonds. The van der Waals surface area contributed by atoms with E-state index in [9.17, 15) is 0 Å². The first-order valence-electron chi connectivity index (χ1n) is 21.5. The number of fused-ring (bicyclic) bond motifs is 3. The van der Waals surface area contributed by atoms with E-state index < -0.39 is 5.41 Å². The summed E-state index contributed by atoms with van der Waals surface area (Å²) in [4.78, 5) is 0. The Bertz CT molecular complexity index is 2950. The van der Waals surface area contributed by atoms with Crippen LogP contribution in [0.15, 0.2) is 237 Å². The van der Waals surface area contributed by atoms with Gasteiger partial charge in [-0.3, -0.25) is 0 Å². The minimum atomic E-state index is -0.515. The summed E-state index contributed by atoms with van der Waals surface area (Å²) in [5.41, 5.74) is 24.3. The molecule has 9 aromatic carbocycles. The molecular weight excluding hydrogens is 753 g/mol. The van der Waals surface area contributed by atoms with Crippen molar-refractivity contribution < 1.29 is 0 Å². The molecular formula is C58H46N4. The van der Waals surface area contributed by atoms with E-state index in [0.29, 0.717) is 0 Å². The third-order valence-electron chi connectivity index (χ3n) is 12.7. The third-order valence-corrected chi connectivity index (χ3v) is 12.7. The summed E-state index contributed by atoms with van der Waals surface area (Å²) in [7, 11) is 0. The van der Waals surface area contributed by atoms with Gasteiger partial charge in [-0.1, -0.05) is 212 Å². The summed E-state index contributed by atoms with van der Waals surface area (Å²) in [5, 5.41) is 8.66. The lowest BCUT2D eigenvalue weighted by molar-refractivity contribution is 0.237. The molecule has 4 atom stereocenters. The molecule has 1 heterocycles. The summed E-state index contributed by atoms with van der Waals surface area (Å²) in [6.07, 6.45) is -0.178. The van der Waals surface area contributed by atoms with Crippen LogP contribution in [-0.4, -0.2) is 10.0 Å². The largest absolute Gasteiger partial charge is 0.355 e. The first-order chi connectivity index (χ1) is 30.7. The van der Waals surface area contributed by atoms with E-state index in [0.717, 1.165) is 29.0 Å². The predicted octanol–water partition coefficient (Wildman–Crippen LogP) is 13.5. The highest BCUT2D eigenvalue weighted by Gasteiger charge is 2.50. The van der Waals surface area contributed by atoms with Crippen LogP contribution in [0, 0.1) is 0 Å². The molecule has 4 nitrogen and oxygen atoms in total. The van der Waals surface area contributed by atoms with Crippen molar-refractivity contribution in [3.05, 3.63) is 276 Å². The normalized spacial score (nSPS) is 17.4. The number of hydrogen-bond donors (Lipinski definition) is 2. The lowest BCUT2D eigenvalue weighted by atomic mass is 9.67. The van der Waals surface area contributed by atoms with E-state index in [2.05, 4.69) is 246 Å². The minimum Gasteiger partial charge on any atom is -0.355 e. The highest BCUT2D eigenvalue weighted by molar-refractivity contribution is 6.01. The first-order valence-corrected chi connectivity index (χ1v) is 21.5. The molecule has 1 saturated heterocycles. The standard InChI is InChI=1S/C58H46N4/c59-56(43-23-8-2-9-24-43)62-57(44-25-10-3-11-26-44)61(62)40-41-20-18-33-49(38-41)60-53-37-36-52-55(54(53)46-28-19-27-45(39-46)42-21-6-1-7-22-42)50-34-16-17-35-51(50)58(52,47-29-12-4-13-30-47)48-31-14-5-15-32-48/h1-39,56-57,60H,40,59H2/t56?,57?,61-,62?/m1/s1. The fourth-order valence-corrected chi connectivity index (χ4v) is 9.97. The molecule has 0 aromatic heterocycles. The Morgan fingerprint density at radius 1 is 0.484 bits per heavy atom. The van der Waals surface area contributed by atoms with Gasteiger partial charge in [0.05, 0.1) is 11.6 Å². The number of nitrogens with one attached hydrogen (secondary N) is 1. The number of nitrogens with zero attached hydrogens (tertiary/aromatic N) is 2. The van der Waals surface area contributed by atoms with Crippen LogP contribution in [0.1, 0.15) is 51.3 Å². The van der Waals surface area contributed by atoms with Crippen molar-refractivity contribution in [3.63, 3.8) is 0 Å². The molecule has 1 fully saturated rings. The lowest BCUT2D eigenvalue weighted by Crippen LogP contribution is -2.28. The molecule has 0 spiro atoms. The van der Waals surface area contributed by atoms with Crippen LogP contribution >= 0.6 is 0 Å². The van der Waals surface area contributed by atoms with Gasteiger partial charge in [-0.05, 0) is 91.0 Å². The van der Waals surface area contributed by atoms with Gasteiger partial charge in [0.2, 0.25) is 0 Å². The lowest BCUT2D eigenvalue weighted by Gasteiger charge is -2.34.